The van der Waals surface area contributed by atoms with Crippen LogP contribution in [0.15, 0.2) is 53.9 Å². The van der Waals surface area contributed by atoms with Gasteiger partial charge in [0.1, 0.15) is 12.1 Å². The first kappa shape index (κ1) is 22.0. The lowest BCUT2D eigenvalue weighted by molar-refractivity contribution is -0.118. The van der Waals surface area contributed by atoms with E-state index in [4.69, 9.17) is 0 Å². The van der Waals surface area contributed by atoms with Crippen molar-refractivity contribution in [2.45, 2.75) is 25.0 Å². The molecule has 0 spiro atoms. The standard InChI is InChI=1S/C22H26FN5OS/c1-15-8-9-19(10-16(15)2)28-14-25-26-22(28)30-13-21(29)24-12-20(27(3)4)17-6-5-7-18(23)11-17/h5-11,14,20H,12-13H2,1-4H3,(H,24,29). The number of aryl methyl sites for hydroxylation is 2. The average Bonchev–Trinajstić information content (AvgIpc) is 3.17. The number of carbonyl (C=O) groups excluding carboxylic acids is 1. The van der Waals surface area contributed by atoms with E-state index in [-0.39, 0.29) is 23.5 Å². The van der Waals surface area contributed by atoms with Crippen LogP contribution >= 0.6 is 11.8 Å². The van der Waals surface area contributed by atoms with Gasteiger partial charge in [-0.15, -0.1) is 10.2 Å². The van der Waals surface area contributed by atoms with Crippen LogP contribution in [0.5, 0.6) is 0 Å². The first-order chi connectivity index (χ1) is 14.3. The minimum Gasteiger partial charge on any atom is -0.353 e. The monoisotopic (exact) mass is 427 g/mol. The molecule has 1 amide bonds. The summed E-state index contributed by atoms with van der Waals surface area (Å²) in [5, 5.41) is 11.7. The number of nitrogens with zero attached hydrogens (tertiary/aromatic N) is 4. The Balaban J connectivity index is 1.60. The molecule has 6 nitrogen and oxygen atoms in total. The Hall–Kier alpha value is -2.71. The molecule has 30 heavy (non-hydrogen) atoms. The first-order valence-electron chi connectivity index (χ1n) is 9.64. The molecule has 0 saturated heterocycles. The maximum atomic E-state index is 13.6. The Morgan fingerprint density at radius 1 is 1.20 bits per heavy atom. The highest BCUT2D eigenvalue weighted by molar-refractivity contribution is 7.99. The van der Waals surface area contributed by atoms with Crippen LogP contribution in [0.3, 0.4) is 0 Å². The second kappa shape index (κ2) is 9.86. The van der Waals surface area contributed by atoms with E-state index in [1.807, 2.05) is 35.7 Å². The summed E-state index contributed by atoms with van der Waals surface area (Å²) in [6.07, 6.45) is 1.65. The van der Waals surface area contributed by atoms with Crippen molar-refractivity contribution < 1.29 is 9.18 Å². The number of carbonyl (C=O) groups is 1. The fraction of sp³-hybridized carbons (Fsp3) is 0.318. The Bertz CT molecular complexity index is 1020. The van der Waals surface area contributed by atoms with E-state index in [2.05, 4.69) is 41.5 Å². The van der Waals surface area contributed by atoms with Crippen molar-refractivity contribution in [1.29, 1.82) is 0 Å². The lowest BCUT2D eigenvalue weighted by Gasteiger charge is -2.25. The van der Waals surface area contributed by atoms with Crippen LogP contribution in [0.4, 0.5) is 4.39 Å². The first-order valence-corrected chi connectivity index (χ1v) is 10.6. The van der Waals surface area contributed by atoms with E-state index in [0.717, 1.165) is 11.3 Å². The lowest BCUT2D eigenvalue weighted by Crippen LogP contribution is -2.35. The molecule has 1 atom stereocenters. The second-order valence-corrected chi connectivity index (χ2v) is 8.32. The van der Waals surface area contributed by atoms with Gasteiger partial charge in [-0.05, 0) is 68.9 Å². The normalized spacial score (nSPS) is 12.2. The molecule has 2 aromatic carbocycles. The van der Waals surface area contributed by atoms with Gasteiger partial charge in [0.15, 0.2) is 5.16 Å². The highest BCUT2D eigenvalue weighted by atomic mass is 32.2. The molecule has 8 heteroatoms. The molecule has 0 fully saturated rings. The maximum absolute atomic E-state index is 13.6. The Kier molecular flexibility index (Phi) is 7.23. The highest BCUT2D eigenvalue weighted by Crippen LogP contribution is 2.22. The maximum Gasteiger partial charge on any atom is 0.230 e. The van der Waals surface area contributed by atoms with Gasteiger partial charge in [-0.3, -0.25) is 9.36 Å². The quantitative estimate of drug-likeness (QED) is 0.557. The number of aromatic nitrogens is 3. The van der Waals surface area contributed by atoms with Gasteiger partial charge in [-0.1, -0.05) is 30.0 Å². The number of halogens is 1. The molecular weight excluding hydrogens is 401 g/mol. The minimum absolute atomic E-state index is 0.113. The molecule has 3 rings (SSSR count). The molecule has 1 unspecified atom stereocenters. The summed E-state index contributed by atoms with van der Waals surface area (Å²) in [4.78, 5) is 14.4. The van der Waals surface area contributed by atoms with Crippen molar-refractivity contribution in [1.82, 2.24) is 25.0 Å². The zero-order chi connectivity index (χ0) is 21.7. The molecule has 1 N–H and O–H groups in total. The molecule has 0 aliphatic rings. The van der Waals surface area contributed by atoms with Gasteiger partial charge in [0.25, 0.3) is 0 Å². The molecule has 0 aliphatic carbocycles. The third-order valence-corrected chi connectivity index (χ3v) is 5.91. The number of hydrogen-bond acceptors (Lipinski definition) is 5. The van der Waals surface area contributed by atoms with E-state index in [0.29, 0.717) is 11.7 Å². The molecule has 158 valence electrons. The number of hydrogen-bond donors (Lipinski definition) is 1. The zero-order valence-electron chi connectivity index (χ0n) is 17.6. The third-order valence-electron chi connectivity index (χ3n) is 4.97. The molecule has 0 saturated carbocycles. The van der Waals surface area contributed by atoms with Crippen molar-refractivity contribution in [2.75, 3.05) is 26.4 Å². The van der Waals surface area contributed by atoms with Crippen LogP contribution < -0.4 is 5.32 Å². The second-order valence-electron chi connectivity index (χ2n) is 7.38. The Morgan fingerprint density at radius 2 is 2.00 bits per heavy atom. The lowest BCUT2D eigenvalue weighted by atomic mass is 10.1. The SMILES string of the molecule is Cc1ccc(-n2cnnc2SCC(=O)NCC(c2cccc(F)c2)N(C)C)cc1C. The molecule has 1 heterocycles. The van der Waals surface area contributed by atoms with Gasteiger partial charge < -0.3 is 10.2 Å². The molecule has 3 aromatic rings. The smallest absolute Gasteiger partial charge is 0.230 e. The van der Waals surface area contributed by atoms with Gasteiger partial charge in [0.2, 0.25) is 5.91 Å². The van der Waals surface area contributed by atoms with Gasteiger partial charge in [-0.25, -0.2) is 4.39 Å². The summed E-state index contributed by atoms with van der Waals surface area (Å²) in [6, 6.07) is 12.5. The van der Waals surface area contributed by atoms with Crippen molar-refractivity contribution in [2.24, 2.45) is 0 Å². The molecule has 1 aromatic heterocycles. The van der Waals surface area contributed by atoms with E-state index in [9.17, 15) is 9.18 Å². The fourth-order valence-corrected chi connectivity index (χ4v) is 3.84. The highest BCUT2D eigenvalue weighted by Gasteiger charge is 2.17. The van der Waals surface area contributed by atoms with Gasteiger partial charge in [0.05, 0.1) is 11.8 Å². The number of amides is 1. The van der Waals surface area contributed by atoms with Crippen molar-refractivity contribution in [3.05, 3.63) is 71.3 Å². The Labute approximate surface area is 180 Å². The van der Waals surface area contributed by atoms with Crippen molar-refractivity contribution in [3.8, 4) is 5.69 Å². The fourth-order valence-electron chi connectivity index (χ4n) is 3.08. The summed E-state index contributed by atoms with van der Waals surface area (Å²) in [6.45, 7) is 4.51. The largest absolute Gasteiger partial charge is 0.353 e. The van der Waals surface area contributed by atoms with Gasteiger partial charge >= 0.3 is 0 Å². The topological polar surface area (TPSA) is 63.1 Å². The Morgan fingerprint density at radius 3 is 2.70 bits per heavy atom. The van der Waals surface area contributed by atoms with E-state index >= 15 is 0 Å². The number of nitrogens with one attached hydrogen (secondary N) is 1. The van der Waals surface area contributed by atoms with Crippen molar-refractivity contribution in [3.63, 3.8) is 0 Å². The molecule has 0 bridgehead atoms. The van der Waals surface area contributed by atoms with E-state index in [1.54, 1.807) is 12.4 Å². The van der Waals surface area contributed by atoms with Crippen LogP contribution in [0.2, 0.25) is 0 Å². The van der Waals surface area contributed by atoms with Crippen LogP contribution in [-0.2, 0) is 4.79 Å². The third kappa shape index (κ3) is 5.46. The molecule has 0 radical (unpaired) electrons. The number of likely N-dealkylation sites (N-methyl/N-ethyl adjacent to an activating group) is 1. The number of rotatable bonds is 8. The summed E-state index contributed by atoms with van der Waals surface area (Å²) in [7, 11) is 3.81. The summed E-state index contributed by atoms with van der Waals surface area (Å²) >= 11 is 1.33. The van der Waals surface area contributed by atoms with E-state index < -0.39 is 0 Å². The van der Waals surface area contributed by atoms with E-state index in [1.165, 1.54) is 35.0 Å². The molecule has 0 aliphatic heterocycles. The van der Waals surface area contributed by atoms with Crippen LogP contribution in [0.1, 0.15) is 22.7 Å². The average molecular weight is 428 g/mol. The molecular formula is C22H26FN5OS. The summed E-state index contributed by atoms with van der Waals surface area (Å²) < 4.78 is 15.4. The summed E-state index contributed by atoms with van der Waals surface area (Å²) in [5.41, 5.74) is 4.18. The minimum atomic E-state index is -0.285. The van der Waals surface area contributed by atoms with Crippen LogP contribution in [-0.4, -0.2) is 52.0 Å². The number of benzene rings is 2. The van der Waals surface area contributed by atoms with Crippen molar-refractivity contribution >= 4 is 17.7 Å². The predicted molar refractivity (Wildman–Crippen MR) is 117 cm³/mol. The zero-order valence-corrected chi connectivity index (χ0v) is 18.4. The summed E-state index contributed by atoms with van der Waals surface area (Å²) in [5.74, 6) is -0.183. The van der Waals surface area contributed by atoms with Gasteiger partial charge in [-0.2, -0.15) is 0 Å². The predicted octanol–water partition coefficient (Wildman–Crippen LogP) is 3.53. The van der Waals surface area contributed by atoms with Gasteiger partial charge in [0, 0.05) is 12.2 Å². The number of thioether (sulfide) groups is 1. The van der Waals surface area contributed by atoms with Crippen LogP contribution in [0.25, 0.3) is 5.69 Å². The van der Waals surface area contributed by atoms with Crippen LogP contribution in [0, 0.1) is 19.7 Å².